The van der Waals surface area contributed by atoms with E-state index in [1.54, 1.807) is 18.2 Å². The first-order valence-electron chi connectivity index (χ1n) is 6.71. The normalized spacial score (nSPS) is 15.9. The van der Waals surface area contributed by atoms with Gasteiger partial charge in [0, 0.05) is 0 Å². The Kier molecular flexibility index (Phi) is 5.74. The number of terminal acetylenes is 1. The molecular weight excluding hydrogens is 382 g/mol. The zero-order valence-electron chi connectivity index (χ0n) is 12.6. The van der Waals surface area contributed by atoms with E-state index >= 15 is 0 Å². The van der Waals surface area contributed by atoms with Crippen LogP contribution in [-0.2, 0) is 4.79 Å². The Morgan fingerprint density at radius 2 is 2.17 bits per heavy atom. The summed E-state index contributed by atoms with van der Waals surface area (Å²) in [4.78, 5) is 25.3. The minimum Gasteiger partial charge on any atom is -0.493 e. The van der Waals surface area contributed by atoms with Crippen molar-refractivity contribution in [3.05, 3.63) is 27.1 Å². The van der Waals surface area contributed by atoms with Crippen molar-refractivity contribution in [3.63, 3.8) is 0 Å². The zero-order valence-corrected chi connectivity index (χ0v) is 15.0. The van der Waals surface area contributed by atoms with Crippen molar-refractivity contribution in [2.75, 3.05) is 20.3 Å². The predicted molar refractivity (Wildman–Crippen MR) is 93.4 cm³/mol. The van der Waals surface area contributed by atoms with Crippen LogP contribution in [0.2, 0.25) is 0 Å². The molecule has 23 heavy (non-hydrogen) atoms. The lowest BCUT2D eigenvalue weighted by Crippen LogP contribution is -2.28. The van der Waals surface area contributed by atoms with Gasteiger partial charge in [-0.3, -0.25) is 14.5 Å². The molecule has 5 nitrogen and oxygen atoms in total. The summed E-state index contributed by atoms with van der Waals surface area (Å²) in [6, 6.07) is 3.54. The van der Waals surface area contributed by atoms with Crippen LogP contribution in [0.25, 0.3) is 6.08 Å². The summed E-state index contributed by atoms with van der Waals surface area (Å²) in [6.07, 6.45) is 6.80. The maximum Gasteiger partial charge on any atom is 0.294 e. The third-order valence-corrected chi connectivity index (χ3v) is 4.46. The summed E-state index contributed by atoms with van der Waals surface area (Å²) in [5, 5.41) is -0.365. The van der Waals surface area contributed by atoms with Gasteiger partial charge in [0.15, 0.2) is 11.5 Å². The Balaban J connectivity index is 2.37. The summed E-state index contributed by atoms with van der Waals surface area (Å²) in [6.45, 7) is 2.35. The maximum absolute atomic E-state index is 12.2. The third-order valence-electron chi connectivity index (χ3n) is 2.96. The van der Waals surface area contributed by atoms with Gasteiger partial charge in [0.2, 0.25) is 0 Å². The van der Waals surface area contributed by atoms with E-state index in [2.05, 4.69) is 21.9 Å². The number of rotatable bonds is 5. The molecule has 0 aromatic heterocycles. The molecule has 0 aliphatic carbocycles. The molecule has 1 heterocycles. The molecule has 0 spiro atoms. The summed E-state index contributed by atoms with van der Waals surface area (Å²) < 4.78 is 11.5. The van der Waals surface area contributed by atoms with Gasteiger partial charge >= 0.3 is 0 Å². The molecule has 2 rings (SSSR count). The average Bonchev–Trinajstić information content (AvgIpc) is 2.77. The van der Waals surface area contributed by atoms with Crippen LogP contribution < -0.4 is 9.47 Å². The van der Waals surface area contributed by atoms with Crippen LogP contribution in [0.4, 0.5) is 4.79 Å². The van der Waals surface area contributed by atoms with Crippen LogP contribution in [0.1, 0.15) is 12.5 Å². The van der Waals surface area contributed by atoms with Gasteiger partial charge in [0.25, 0.3) is 11.1 Å². The highest BCUT2D eigenvalue weighted by Crippen LogP contribution is 2.39. The van der Waals surface area contributed by atoms with Crippen molar-refractivity contribution in [2.24, 2.45) is 0 Å². The quantitative estimate of drug-likeness (QED) is 0.563. The minimum atomic E-state index is -0.387. The number of methoxy groups -OCH3 is 1. The van der Waals surface area contributed by atoms with E-state index in [1.165, 1.54) is 7.11 Å². The number of thioether (sulfide) groups is 1. The van der Waals surface area contributed by atoms with E-state index in [4.69, 9.17) is 15.9 Å². The molecule has 1 aliphatic heterocycles. The highest BCUT2D eigenvalue weighted by atomic mass is 79.9. The molecule has 1 aromatic carbocycles. The summed E-state index contributed by atoms with van der Waals surface area (Å²) in [5.74, 6) is 3.04. The van der Waals surface area contributed by atoms with Crippen LogP contribution in [0.3, 0.4) is 0 Å². The first kappa shape index (κ1) is 17.4. The van der Waals surface area contributed by atoms with E-state index in [-0.39, 0.29) is 17.7 Å². The second kappa shape index (κ2) is 7.57. The number of hydrogen-bond acceptors (Lipinski definition) is 5. The topological polar surface area (TPSA) is 55.8 Å². The molecule has 0 saturated carbocycles. The number of nitrogens with zero attached hydrogens (tertiary/aromatic N) is 1. The van der Waals surface area contributed by atoms with Crippen molar-refractivity contribution < 1.29 is 19.1 Å². The number of halogens is 1. The van der Waals surface area contributed by atoms with E-state index < -0.39 is 0 Å². The monoisotopic (exact) mass is 395 g/mol. The summed E-state index contributed by atoms with van der Waals surface area (Å²) in [7, 11) is 1.54. The lowest BCUT2D eigenvalue weighted by atomic mass is 10.2. The van der Waals surface area contributed by atoms with E-state index in [0.29, 0.717) is 33.0 Å². The van der Waals surface area contributed by atoms with Crippen molar-refractivity contribution in [1.29, 1.82) is 0 Å². The molecule has 120 valence electrons. The van der Waals surface area contributed by atoms with Crippen molar-refractivity contribution in [1.82, 2.24) is 4.90 Å². The van der Waals surface area contributed by atoms with Crippen LogP contribution in [0.15, 0.2) is 21.5 Å². The molecule has 1 aromatic rings. The molecule has 1 saturated heterocycles. The molecule has 1 fully saturated rings. The maximum atomic E-state index is 12.2. The minimum absolute atomic E-state index is 0.0295. The van der Waals surface area contributed by atoms with Crippen LogP contribution >= 0.6 is 27.7 Å². The number of carbonyl (C=O) groups excluding carboxylic acids is 2. The fraction of sp³-hybridized carbons (Fsp3) is 0.250. The SMILES string of the molecule is C#CCN1C(=O)S/C(=C/c2cc(Br)c(OCC)c(OC)c2)C1=O. The molecule has 7 heteroatoms. The zero-order chi connectivity index (χ0) is 17.0. The Hall–Kier alpha value is -1.91. The molecule has 1 aliphatic rings. The van der Waals surface area contributed by atoms with Crippen molar-refractivity contribution >= 4 is 44.9 Å². The molecule has 0 atom stereocenters. The lowest BCUT2D eigenvalue weighted by molar-refractivity contribution is -0.122. The van der Waals surface area contributed by atoms with Crippen LogP contribution in [-0.4, -0.2) is 36.3 Å². The van der Waals surface area contributed by atoms with Crippen LogP contribution in [0, 0.1) is 12.3 Å². The van der Waals surface area contributed by atoms with Gasteiger partial charge in [0.1, 0.15) is 0 Å². The fourth-order valence-corrected chi connectivity index (χ4v) is 3.40. The molecule has 0 radical (unpaired) electrons. The molecule has 0 bridgehead atoms. The Morgan fingerprint density at radius 1 is 1.43 bits per heavy atom. The Bertz CT molecular complexity index is 724. The van der Waals surface area contributed by atoms with Gasteiger partial charge < -0.3 is 9.47 Å². The molecule has 0 unspecified atom stereocenters. The van der Waals surface area contributed by atoms with Crippen LogP contribution in [0.5, 0.6) is 11.5 Å². The predicted octanol–water partition coefficient (Wildman–Crippen LogP) is 3.53. The molecule has 2 amide bonds. The number of benzene rings is 1. The van der Waals surface area contributed by atoms with E-state index in [1.807, 2.05) is 6.92 Å². The van der Waals surface area contributed by atoms with Gasteiger partial charge in [-0.05, 0) is 58.4 Å². The second-order valence-electron chi connectivity index (χ2n) is 4.44. The smallest absolute Gasteiger partial charge is 0.294 e. The van der Waals surface area contributed by atoms with Crippen molar-refractivity contribution in [3.8, 4) is 23.8 Å². The average molecular weight is 396 g/mol. The number of imide groups is 1. The number of carbonyl (C=O) groups is 2. The van der Waals surface area contributed by atoms with E-state index in [0.717, 1.165) is 16.7 Å². The Morgan fingerprint density at radius 3 is 2.78 bits per heavy atom. The third kappa shape index (κ3) is 3.71. The Labute approximate surface area is 147 Å². The molecular formula is C16H14BrNO4S. The fourth-order valence-electron chi connectivity index (χ4n) is 1.99. The summed E-state index contributed by atoms with van der Waals surface area (Å²) >= 11 is 4.29. The number of amides is 2. The van der Waals surface area contributed by atoms with Gasteiger partial charge in [-0.2, -0.15) is 0 Å². The van der Waals surface area contributed by atoms with Gasteiger partial charge in [-0.25, -0.2) is 0 Å². The second-order valence-corrected chi connectivity index (χ2v) is 6.29. The first-order valence-corrected chi connectivity index (χ1v) is 8.31. The largest absolute Gasteiger partial charge is 0.493 e. The lowest BCUT2D eigenvalue weighted by Gasteiger charge is -2.12. The summed E-state index contributed by atoms with van der Waals surface area (Å²) in [5.41, 5.74) is 0.711. The highest BCUT2D eigenvalue weighted by molar-refractivity contribution is 9.10. The van der Waals surface area contributed by atoms with Gasteiger partial charge in [-0.1, -0.05) is 5.92 Å². The van der Waals surface area contributed by atoms with Crippen molar-refractivity contribution in [2.45, 2.75) is 6.92 Å². The van der Waals surface area contributed by atoms with Gasteiger partial charge in [0.05, 0.1) is 29.6 Å². The number of hydrogen-bond donors (Lipinski definition) is 0. The van der Waals surface area contributed by atoms with Gasteiger partial charge in [-0.15, -0.1) is 6.42 Å². The molecule has 0 N–H and O–H groups in total. The highest BCUT2D eigenvalue weighted by Gasteiger charge is 2.34. The van der Waals surface area contributed by atoms with E-state index in [9.17, 15) is 9.59 Å². The number of ether oxygens (including phenoxy) is 2. The first-order chi connectivity index (χ1) is 11.0. The standard InChI is InChI=1S/C16H14BrNO4S/c1-4-6-18-15(19)13(23-16(18)20)9-10-7-11(17)14(22-5-2)12(8-10)21-3/h1,7-9H,5-6H2,2-3H3/b13-9+.